The van der Waals surface area contributed by atoms with Gasteiger partial charge in [-0.3, -0.25) is 13.9 Å². The SMILES string of the molecule is CC[C@H](C)NC(=O)[C@@H](Cc1ccccc1)N(Cc1ccc(Cl)c(Cl)c1)C(=O)CN(c1cc(C)ccc1C)S(=O)(=O)c1ccccc1. The van der Waals surface area contributed by atoms with Crippen LogP contribution in [0.2, 0.25) is 10.0 Å². The molecular formula is C36H39Cl2N3O4S. The average molecular weight is 681 g/mol. The predicted octanol–water partition coefficient (Wildman–Crippen LogP) is 7.36. The van der Waals surface area contributed by atoms with Gasteiger partial charge in [0.15, 0.2) is 0 Å². The number of sulfonamides is 1. The quantitative estimate of drug-likeness (QED) is 0.160. The number of amides is 2. The second-order valence-corrected chi connectivity index (χ2v) is 14.1. The maximum absolute atomic E-state index is 14.6. The topological polar surface area (TPSA) is 86.8 Å². The number of carbonyl (C=O) groups is 2. The second-order valence-electron chi connectivity index (χ2n) is 11.4. The lowest BCUT2D eigenvalue weighted by molar-refractivity contribution is -0.140. The number of carbonyl (C=O) groups excluding carboxylic acids is 2. The number of rotatable bonds is 13. The molecule has 0 saturated carbocycles. The molecule has 0 aromatic heterocycles. The first-order valence-electron chi connectivity index (χ1n) is 15.1. The van der Waals surface area contributed by atoms with Crippen LogP contribution in [0.3, 0.4) is 0 Å². The van der Waals surface area contributed by atoms with Gasteiger partial charge in [-0.2, -0.15) is 0 Å². The van der Waals surface area contributed by atoms with Gasteiger partial charge >= 0.3 is 0 Å². The van der Waals surface area contributed by atoms with Crippen molar-refractivity contribution < 1.29 is 18.0 Å². The van der Waals surface area contributed by atoms with E-state index in [-0.39, 0.29) is 29.8 Å². The summed E-state index contributed by atoms with van der Waals surface area (Å²) < 4.78 is 29.6. The number of aryl methyl sites for hydroxylation is 2. The predicted molar refractivity (Wildman–Crippen MR) is 186 cm³/mol. The van der Waals surface area contributed by atoms with E-state index in [4.69, 9.17) is 23.2 Å². The zero-order valence-corrected chi connectivity index (χ0v) is 28.7. The van der Waals surface area contributed by atoms with Crippen molar-refractivity contribution in [2.75, 3.05) is 10.8 Å². The van der Waals surface area contributed by atoms with Crippen molar-refractivity contribution in [1.82, 2.24) is 10.2 Å². The summed E-state index contributed by atoms with van der Waals surface area (Å²) in [6, 6.07) is 26.8. The zero-order valence-electron chi connectivity index (χ0n) is 26.4. The van der Waals surface area contributed by atoms with Crippen LogP contribution in [0.15, 0.2) is 102 Å². The van der Waals surface area contributed by atoms with Gasteiger partial charge in [-0.1, -0.05) is 96.9 Å². The molecule has 0 bridgehead atoms. The Hall–Kier alpha value is -3.85. The average Bonchev–Trinajstić information content (AvgIpc) is 3.05. The minimum atomic E-state index is -4.19. The molecule has 1 N–H and O–H groups in total. The maximum Gasteiger partial charge on any atom is 0.264 e. The molecule has 4 aromatic carbocycles. The molecule has 7 nitrogen and oxygen atoms in total. The van der Waals surface area contributed by atoms with Crippen LogP contribution in [0.1, 0.15) is 42.5 Å². The summed E-state index contributed by atoms with van der Waals surface area (Å²) in [6.07, 6.45) is 0.908. The number of halogens is 2. The molecule has 0 aliphatic heterocycles. The molecular weight excluding hydrogens is 641 g/mol. The number of hydrogen-bond acceptors (Lipinski definition) is 4. The third-order valence-corrected chi connectivity index (χ3v) is 10.4. The van der Waals surface area contributed by atoms with E-state index in [0.29, 0.717) is 33.3 Å². The molecule has 0 aliphatic carbocycles. The van der Waals surface area contributed by atoms with Crippen molar-refractivity contribution in [1.29, 1.82) is 0 Å². The minimum Gasteiger partial charge on any atom is -0.352 e. The van der Waals surface area contributed by atoms with Crippen LogP contribution in [0.5, 0.6) is 0 Å². The monoisotopic (exact) mass is 679 g/mol. The lowest BCUT2D eigenvalue weighted by Gasteiger charge is -2.34. The zero-order chi connectivity index (χ0) is 33.4. The fraction of sp³-hybridized carbons (Fsp3) is 0.278. The summed E-state index contributed by atoms with van der Waals surface area (Å²) in [6.45, 7) is 6.99. The lowest BCUT2D eigenvalue weighted by Crippen LogP contribution is -2.54. The van der Waals surface area contributed by atoms with Crippen molar-refractivity contribution in [2.24, 2.45) is 0 Å². The molecule has 2 amide bonds. The molecule has 0 fully saturated rings. The molecule has 46 heavy (non-hydrogen) atoms. The van der Waals surface area contributed by atoms with Crippen LogP contribution in [-0.4, -0.2) is 43.8 Å². The number of nitrogens with one attached hydrogen (secondary N) is 1. The Kier molecular flexibility index (Phi) is 11.9. The fourth-order valence-corrected chi connectivity index (χ4v) is 6.86. The van der Waals surface area contributed by atoms with E-state index in [1.165, 1.54) is 17.0 Å². The number of hydrogen-bond donors (Lipinski definition) is 1. The highest BCUT2D eigenvalue weighted by Gasteiger charge is 2.35. The van der Waals surface area contributed by atoms with Gasteiger partial charge < -0.3 is 10.2 Å². The largest absolute Gasteiger partial charge is 0.352 e. The molecule has 0 saturated heterocycles. The van der Waals surface area contributed by atoms with Crippen LogP contribution in [0.4, 0.5) is 5.69 Å². The van der Waals surface area contributed by atoms with Gasteiger partial charge in [-0.05, 0) is 79.8 Å². The Morgan fingerprint density at radius 3 is 2.11 bits per heavy atom. The Bertz CT molecular complexity index is 1770. The van der Waals surface area contributed by atoms with Gasteiger partial charge in [0.25, 0.3) is 10.0 Å². The minimum absolute atomic E-state index is 0.00677. The lowest BCUT2D eigenvalue weighted by atomic mass is 10.0. The summed E-state index contributed by atoms with van der Waals surface area (Å²) in [5.41, 5.74) is 3.40. The third-order valence-electron chi connectivity index (χ3n) is 7.85. The van der Waals surface area contributed by atoms with Gasteiger partial charge in [0, 0.05) is 19.0 Å². The molecule has 10 heteroatoms. The van der Waals surface area contributed by atoms with Crippen molar-refractivity contribution in [3.63, 3.8) is 0 Å². The molecule has 4 rings (SSSR count). The van der Waals surface area contributed by atoms with E-state index in [1.54, 1.807) is 49.4 Å². The molecule has 4 aromatic rings. The van der Waals surface area contributed by atoms with Crippen LogP contribution in [-0.2, 0) is 32.6 Å². The fourth-order valence-electron chi connectivity index (χ4n) is 5.05. The van der Waals surface area contributed by atoms with E-state index in [0.717, 1.165) is 15.4 Å². The summed E-state index contributed by atoms with van der Waals surface area (Å²) in [4.78, 5) is 30.1. The molecule has 0 radical (unpaired) electrons. The summed E-state index contributed by atoms with van der Waals surface area (Å²) in [7, 11) is -4.19. The Morgan fingerprint density at radius 1 is 0.826 bits per heavy atom. The highest BCUT2D eigenvalue weighted by molar-refractivity contribution is 7.92. The summed E-state index contributed by atoms with van der Waals surface area (Å²) in [5.74, 6) is -0.887. The van der Waals surface area contributed by atoms with Gasteiger partial charge in [0.05, 0.1) is 20.6 Å². The maximum atomic E-state index is 14.6. The van der Waals surface area contributed by atoms with Crippen LogP contribution < -0.4 is 9.62 Å². The smallest absolute Gasteiger partial charge is 0.264 e. The normalized spacial score (nSPS) is 12.7. The Morgan fingerprint density at radius 2 is 1.48 bits per heavy atom. The van der Waals surface area contributed by atoms with E-state index < -0.39 is 28.5 Å². The first kappa shape index (κ1) is 35.0. The van der Waals surface area contributed by atoms with Gasteiger partial charge in [0.1, 0.15) is 12.6 Å². The van der Waals surface area contributed by atoms with E-state index in [2.05, 4.69) is 5.32 Å². The van der Waals surface area contributed by atoms with E-state index >= 15 is 0 Å². The van der Waals surface area contributed by atoms with E-state index in [9.17, 15) is 18.0 Å². The molecule has 0 unspecified atom stereocenters. The van der Waals surface area contributed by atoms with Gasteiger partial charge in [-0.25, -0.2) is 8.42 Å². The van der Waals surface area contributed by atoms with Crippen molar-refractivity contribution >= 4 is 50.7 Å². The Labute approximate surface area is 282 Å². The van der Waals surface area contributed by atoms with Gasteiger partial charge in [-0.15, -0.1) is 0 Å². The second kappa shape index (κ2) is 15.6. The first-order valence-corrected chi connectivity index (χ1v) is 17.3. The van der Waals surface area contributed by atoms with Crippen molar-refractivity contribution in [3.05, 3.63) is 129 Å². The third kappa shape index (κ3) is 8.69. The van der Waals surface area contributed by atoms with Crippen LogP contribution >= 0.6 is 23.2 Å². The van der Waals surface area contributed by atoms with E-state index in [1.807, 2.05) is 63.2 Å². The highest BCUT2D eigenvalue weighted by Crippen LogP contribution is 2.29. The first-order chi connectivity index (χ1) is 21.9. The molecule has 2 atom stereocenters. The molecule has 0 heterocycles. The highest BCUT2D eigenvalue weighted by atomic mass is 35.5. The summed E-state index contributed by atoms with van der Waals surface area (Å²) >= 11 is 12.6. The standard InChI is InChI=1S/C36H39Cl2N3O4S/c1-5-27(4)39-36(43)34(22-28-12-8-6-9-13-28)40(23-29-18-19-31(37)32(38)21-29)35(42)24-41(33-20-25(2)16-17-26(33)3)46(44,45)30-14-10-7-11-15-30/h6-21,27,34H,5,22-24H2,1-4H3,(H,39,43)/t27-,34+/m0/s1. The van der Waals surface area contributed by atoms with Crippen LogP contribution in [0, 0.1) is 13.8 Å². The van der Waals surface area contributed by atoms with Gasteiger partial charge in [0.2, 0.25) is 11.8 Å². The van der Waals surface area contributed by atoms with Crippen LogP contribution in [0.25, 0.3) is 0 Å². The van der Waals surface area contributed by atoms with Crippen molar-refractivity contribution in [2.45, 2.75) is 64.1 Å². The number of benzene rings is 4. The summed E-state index contributed by atoms with van der Waals surface area (Å²) in [5, 5.41) is 3.70. The Balaban J connectivity index is 1.85. The molecule has 0 spiro atoms. The van der Waals surface area contributed by atoms with Crippen molar-refractivity contribution in [3.8, 4) is 0 Å². The molecule has 0 aliphatic rings. The number of anilines is 1. The molecule has 242 valence electrons. The number of nitrogens with zero attached hydrogens (tertiary/aromatic N) is 2.